The van der Waals surface area contributed by atoms with E-state index in [0.29, 0.717) is 29.9 Å². The summed E-state index contributed by atoms with van der Waals surface area (Å²) in [6.45, 7) is 1.60. The van der Waals surface area contributed by atoms with Gasteiger partial charge < -0.3 is 18.9 Å². The summed E-state index contributed by atoms with van der Waals surface area (Å²) in [5, 5.41) is 5.34. The number of thioether (sulfide) groups is 1. The summed E-state index contributed by atoms with van der Waals surface area (Å²) < 4.78 is 24.2. The second-order valence-electron chi connectivity index (χ2n) is 7.12. The molecule has 0 amide bonds. The third-order valence-electron chi connectivity index (χ3n) is 5.07. The Labute approximate surface area is 182 Å². The van der Waals surface area contributed by atoms with Gasteiger partial charge in [-0.3, -0.25) is 0 Å². The van der Waals surface area contributed by atoms with E-state index < -0.39 is 0 Å². The molecule has 4 heterocycles. The van der Waals surface area contributed by atoms with Crippen LogP contribution < -0.4 is 18.9 Å². The van der Waals surface area contributed by atoms with Crippen molar-refractivity contribution >= 4 is 17.5 Å². The molecule has 2 aromatic carbocycles. The van der Waals surface area contributed by atoms with Crippen LogP contribution in [0, 0.1) is 0 Å². The minimum atomic E-state index is 0.245. The van der Waals surface area contributed by atoms with Gasteiger partial charge >= 0.3 is 0 Å². The van der Waals surface area contributed by atoms with E-state index in [0.717, 1.165) is 46.2 Å². The Hall–Kier alpha value is -3.46. The Morgan fingerprint density at radius 2 is 1.68 bits per heavy atom. The number of nitrogens with zero attached hydrogens (tertiary/aromatic N) is 4. The average Bonchev–Trinajstić information content (AvgIpc) is 3.37. The second-order valence-corrected chi connectivity index (χ2v) is 8.07. The molecule has 0 saturated carbocycles. The number of ether oxygens (including phenoxy) is 4. The number of rotatable bonds is 4. The molecule has 2 aliphatic rings. The van der Waals surface area contributed by atoms with Gasteiger partial charge in [-0.1, -0.05) is 17.8 Å². The summed E-state index contributed by atoms with van der Waals surface area (Å²) in [6, 6.07) is 13.8. The minimum absolute atomic E-state index is 0.245. The van der Waals surface area contributed by atoms with Gasteiger partial charge in [-0.2, -0.15) is 9.50 Å². The van der Waals surface area contributed by atoms with E-state index in [4.69, 9.17) is 18.9 Å². The molecule has 0 atom stereocenters. The molecule has 0 aliphatic carbocycles. The molecule has 156 valence electrons. The number of aromatic nitrogens is 4. The predicted molar refractivity (Wildman–Crippen MR) is 114 cm³/mol. The van der Waals surface area contributed by atoms with Gasteiger partial charge in [-0.05, 0) is 42.0 Å². The molecule has 0 radical (unpaired) electrons. The van der Waals surface area contributed by atoms with Crippen LogP contribution in [0.3, 0.4) is 0 Å². The Kier molecular flexibility index (Phi) is 4.53. The van der Waals surface area contributed by atoms with Crippen molar-refractivity contribution in [1.82, 2.24) is 19.6 Å². The predicted octanol–water partition coefficient (Wildman–Crippen LogP) is 3.97. The molecule has 6 rings (SSSR count). The largest absolute Gasteiger partial charge is 0.490 e. The first-order valence-corrected chi connectivity index (χ1v) is 11.0. The van der Waals surface area contributed by atoms with Crippen LogP contribution >= 0.6 is 11.8 Å². The number of benzene rings is 2. The van der Waals surface area contributed by atoms with Crippen molar-refractivity contribution in [2.24, 2.45) is 0 Å². The number of hydrogen-bond acceptors (Lipinski definition) is 8. The van der Waals surface area contributed by atoms with E-state index in [1.807, 2.05) is 42.5 Å². The molecule has 2 aliphatic heterocycles. The first-order chi connectivity index (χ1) is 15.3. The van der Waals surface area contributed by atoms with Gasteiger partial charge in [0.05, 0.1) is 18.9 Å². The van der Waals surface area contributed by atoms with Crippen molar-refractivity contribution in [3.63, 3.8) is 0 Å². The molecule has 9 heteroatoms. The SMILES string of the molecule is c1cc(-c2ccc3c(c2)OCO3)n2nc(SCc3ccc4c(c3)OCCCO4)nc2n1. The van der Waals surface area contributed by atoms with Crippen molar-refractivity contribution in [2.75, 3.05) is 20.0 Å². The van der Waals surface area contributed by atoms with Crippen LogP contribution in [0.1, 0.15) is 12.0 Å². The van der Waals surface area contributed by atoms with E-state index in [1.165, 1.54) is 0 Å². The maximum absolute atomic E-state index is 5.79. The Morgan fingerprint density at radius 1 is 0.871 bits per heavy atom. The Morgan fingerprint density at radius 3 is 2.65 bits per heavy atom. The molecule has 4 aromatic rings. The van der Waals surface area contributed by atoms with Gasteiger partial charge in [0.1, 0.15) is 0 Å². The molecular formula is C22H18N4O4S. The van der Waals surface area contributed by atoms with Crippen molar-refractivity contribution < 1.29 is 18.9 Å². The maximum Gasteiger partial charge on any atom is 0.253 e. The fourth-order valence-corrected chi connectivity index (χ4v) is 4.32. The first kappa shape index (κ1) is 18.3. The summed E-state index contributed by atoms with van der Waals surface area (Å²) in [7, 11) is 0. The third kappa shape index (κ3) is 3.50. The molecule has 2 aromatic heterocycles. The third-order valence-corrected chi connectivity index (χ3v) is 5.98. The maximum atomic E-state index is 5.79. The lowest BCUT2D eigenvalue weighted by atomic mass is 10.1. The monoisotopic (exact) mass is 434 g/mol. The highest BCUT2D eigenvalue weighted by Crippen LogP contribution is 2.36. The highest BCUT2D eigenvalue weighted by atomic mass is 32.2. The lowest BCUT2D eigenvalue weighted by Crippen LogP contribution is -1.97. The molecule has 31 heavy (non-hydrogen) atoms. The molecular weight excluding hydrogens is 416 g/mol. The fraction of sp³-hybridized carbons (Fsp3) is 0.227. The molecule has 0 unspecified atom stereocenters. The average molecular weight is 434 g/mol. The zero-order chi connectivity index (χ0) is 20.6. The van der Waals surface area contributed by atoms with E-state index in [9.17, 15) is 0 Å². The van der Waals surface area contributed by atoms with E-state index in [-0.39, 0.29) is 6.79 Å². The molecule has 0 N–H and O–H groups in total. The van der Waals surface area contributed by atoms with E-state index in [1.54, 1.807) is 22.5 Å². The van der Waals surface area contributed by atoms with Crippen LogP contribution in [0.15, 0.2) is 53.8 Å². The lowest BCUT2D eigenvalue weighted by Gasteiger charge is -2.08. The fourth-order valence-electron chi connectivity index (χ4n) is 3.56. The molecule has 0 spiro atoms. The van der Waals surface area contributed by atoms with Crippen LogP contribution in [0.25, 0.3) is 17.0 Å². The normalized spacial score (nSPS) is 14.6. The number of hydrogen-bond donors (Lipinski definition) is 0. The Balaban J connectivity index is 1.26. The van der Waals surface area contributed by atoms with Crippen molar-refractivity contribution in [1.29, 1.82) is 0 Å². The van der Waals surface area contributed by atoms with Gasteiger partial charge in [-0.25, -0.2) is 4.98 Å². The molecule has 8 nitrogen and oxygen atoms in total. The zero-order valence-electron chi connectivity index (χ0n) is 16.5. The molecule has 0 saturated heterocycles. The van der Waals surface area contributed by atoms with Crippen LogP contribution in [0.5, 0.6) is 23.0 Å². The van der Waals surface area contributed by atoms with Crippen LogP contribution in [-0.4, -0.2) is 39.6 Å². The lowest BCUT2D eigenvalue weighted by molar-refractivity contribution is 0.174. The molecule has 0 bridgehead atoms. The topological polar surface area (TPSA) is 80.0 Å². The van der Waals surface area contributed by atoms with Crippen molar-refractivity contribution in [2.45, 2.75) is 17.3 Å². The number of fused-ring (bicyclic) bond motifs is 3. The van der Waals surface area contributed by atoms with Gasteiger partial charge in [-0.15, -0.1) is 5.10 Å². The summed E-state index contributed by atoms with van der Waals surface area (Å²) in [6.07, 6.45) is 2.63. The standard InChI is InChI=1S/C22H18N4O4S/c1-8-27-17-4-2-14(10-19(17)28-9-1)12-31-22-24-21-23-7-6-16(26(21)25-22)15-3-5-18-20(11-15)30-13-29-18/h2-7,10-11H,1,8-9,12-13H2. The van der Waals surface area contributed by atoms with Gasteiger partial charge in [0.15, 0.2) is 23.0 Å². The highest BCUT2D eigenvalue weighted by Gasteiger charge is 2.17. The van der Waals surface area contributed by atoms with Crippen molar-refractivity contribution in [3.05, 3.63) is 54.2 Å². The summed E-state index contributed by atoms with van der Waals surface area (Å²) >= 11 is 1.56. The smallest absolute Gasteiger partial charge is 0.253 e. The van der Waals surface area contributed by atoms with Gasteiger partial charge in [0.25, 0.3) is 5.78 Å². The van der Waals surface area contributed by atoms with E-state index in [2.05, 4.69) is 15.1 Å². The van der Waals surface area contributed by atoms with Gasteiger partial charge in [0, 0.05) is 23.9 Å². The summed E-state index contributed by atoms with van der Waals surface area (Å²) in [5.74, 6) is 4.34. The zero-order valence-corrected chi connectivity index (χ0v) is 17.3. The second kappa shape index (κ2) is 7.66. The van der Waals surface area contributed by atoms with Crippen LogP contribution in [0.2, 0.25) is 0 Å². The highest BCUT2D eigenvalue weighted by molar-refractivity contribution is 7.98. The summed E-state index contributed by atoms with van der Waals surface area (Å²) in [4.78, 5) is 8.95. The van der Waals surface area contributed by atoms with Gasteiger partial charge in [0.2, 0.25) is 11.9 Å². The van der Waals surface area contributed by atoms with Crippen LogP contribution in [0.4, 0.5) is 0 Å². The van der Waals surface area contributed by atoms with Crippen LogP contribution in [-0.2, 0) is 5.75 Å². The Bertz CT molecular complexity index is 1280. The molecule has 0 fully saturated rings. The first-order valence-electron chi connectivity index (χ1n) is 9.97. The van der Waals surface area contributed by atoms with E-state index >= 15 is 0 Å². The quantitative estimate of drug-likeness (QED) is 0.447. The minimum Gasteiger partial charge on any atom is -0.490 e. The van der Waals surface area contributed by atoms with Crippen molar-refractivity contribution in [3.8, 4) is 34.3 Å². The summed E-state index contributed by atoms with van der Waals surface area (Å²) in [5.41, 5.74) is 2.97.